The molecule has 6 nitrogen and oxygen atoms in total. The van der Waals surface area contributed by atoms with E-state index in [9.17, 15) is 4.79 Å². The van der Waals surface area contributed by atoms with Crippen LogP contribution in [0.5, 0.6) is 0 Å². The van der Waals surface area contributed by atoms with Crippen LogP contribution in [0, 0.1) is 6.92 Å². The number of benzene rings is 1. The van der Waals surface area contributed by atoms with E-state index >= 15 is 0 Å². The summed E-state index contributed by atoms with van der Waals surface area (Å²) < 4.78 is 1.70. The molecule has 0 saturated heterocycles. The molecule has 0 aliphatic carbocycles. The molecule has 7 heteroatoms. The van der Waals surface area contributed by atoms with Gasteiger partial charge in [0.15, 0.2) is 5.65 Å². The van der Waals surface area contributed by atoms with Crippen molar-refractivity contribution in [1.29, 1.82) is 0 Å². The van der Waals surface area contributed by atoms with Crippen LogP contribution in [-0.2, 0) is 4.79 Å². The number of amides is 1. The van der Waals surface area contributed by atoms with Gasteiger partial charge in [-0.25, -0.2) is 0 Å². The SMILES string of the molecule is CCN(CC)C(=O)CSc1nnc2ccc(-c3ccc(C)cc3)nn12. The van der Waals surface area contributed by atoms with Crippen molar-refractivity contribution in [1.82, 2.24) is 24.7 Å². The zero-order valence-electron chi connectivity index (χ0n) is 14.6. The van der Waals surface area contributed by atoms with Gasteiger partial charge in [-0.05, 0) is 32.9 Å². The van der Waals surface area contributed by atoms with Gasteiger partial charge in [0.05, 0.1) is 11.4 Å². The minimum atomic E-state index is 0.0986. The quantitative estimate of drug-likeness (QED) is 0.636. The number of thioether (sulfide) groups is 1. The largest absolute Gasteiger partial charge is 0.343 e. The van der Waals surface area contributed by atoms with Crippen LogP contribution in [0.4, 0.5) is 0 Å². The van der Waals surface area contributed by atoms with Crippen molar-refractivity contribution < 1.29 is 4.79 Å². The Morgan fingerprint density at radius 2 is 1.80 bits per heavy atom. The van der Waals surface area contributed by atoms with Crippen molar-refractivity contribution >= 4 is 23.3 Å². The first-order valence-electron chi connectivity index (χ1n) is 8.32. The van der Waals surface area contributed by atoms with Crippen molar-refractivity contribution in [3.63, 3.8) is 0 Å². The highest BCUT2D eigenvalue weighted by Crippen LogP contribution is 2.21. The number of nitrogens with zero attached hydrogens (tertiary/aromatic N) is 5. The number of carbonyl (C=O) groups is 1. The fraction of sp³-hybridized carbons (Fsp3) is 0.333. The van der Waals surface area contributed by atoms with Gasteiger partial charge in [-0.3, -0.25) is 4.79 Å². The molecule has 0 aliphatic rings. The molecule has 0 saturated carbocycles. The van der Waals surface area contributed by atoms with Crippen LogP contribution < -0.4 is 0 Å². The molecule has 0 spiro atoms. The lowest BCUT2D eigenvalue weighted by Crippen LogP contribution is -2.31. The van der Waals surface area contributed by atoms with Gasteiger partial charge >= 0.3 is 0 Å². The maximum atomic E-state index is 12.2. The second-order valence-corrected chi connectivity index (χ2v) is 6.63. The Balaban J connectivity index is 1.83. The maximum Gasteiger partial charge on any atom is 0.233 e. The summed E-state index contributed by atoms with van der Waals surface area (Å²) in [5.41, 5.74) is 3.77. The molecule has 0 fully saturated rings. The van der Waals surface area contributed by atoms with Crippen LogP contribution >= 0.6 is 11.8 Å². The van der Waals surface area contributed by atoms with E-state index < -0.39 is 0 Å². The Kier molecular flexibility index (Phi) is 5.33. The van der Waals surface area contributed by atoms with Gasteiger partial charge in [-0.15, -0.1) is 10.2 Å². The Morgan fingerprint density at radius 1 is 1.08 bits per heavy atom. The lowest BCUT2D eigenvalue weighted by atomic mass is 10.1. The average molecular weight is 355 g/mol. The van der Waals surface area contributed by atoms with E-state index in [1.54, 1.807) is 9.42 Å². The highest BCUT2D eigenvalue weighted by molar-refractivity contribution is 7.99. The molecule has 2 aromatic heterocycles. The first kappa shape index (κ1) is 17.4. The molecule has 0 unspecified atom stereocenters. The van der Waals surface area contributed by atoms with Crippen molar-refractivity contribution in [2.45, 2.75) is 25.9 Å². The number of hydrogen-bond acceptors (Lipinski definition) is 5. The lowest BCUT2D eigenvalue weighted by molar-refractivity contribution is -0.127. The first-order valence-corrected chi connectivity index (χ1v) is 9.31. The molecule has 0 atom stereocenters. The number of rotatable bonds is 6. The van der Waals surface area contributed by atoms with E-state index in [4.69, 9.17) is 0 Å². The molecule has 0 N–H and O–H groups in total. The summed E-state index contributed by atoms with van der Waals surface area (Å²) in [5, 5.41) is 13.6. The van der Waals surface area contributed by atoms with Crippen molar-refractivity contribution in [2.24, 2.45) is 0 Å². The van der Waals surface area contributed by atoms with Crippen LogP contribution in [0.1, 0.15) is 19.4 Å². The van der Waals surface area contributed by atoms with E-state index in [1.165, 1.54) is 17.3 Å². The summed E-state index contributed by atoms with van der Waals surface area (Å²) in [6, 6.07) is 12.0. The second-order valence-electron chi connectivity index (χ2n) is 5.69. The molecule has 1 amide bonds. The third-order valence-electron chi connectivity index (χ3n) is 4.02. The molecule has 3 rings (SSSR count). The van der Waals surface area contributed by atoms with E-state index in [0.29, 0.717) is 29.6 Å². The summed E-state index contributed by atoms with van der Waals surface area (Å²) in [7, 11) is 0. The third-order valence-corrected chi connectivity index (χ3v) is 4.93. The summed E-state index contributed by atoms with van der Waals surface area (Å²) in [5.74, 6) is 0.431. The Morgan fingerprint density at radius 3 is 2.48 bits per heavy atom. The van der Waals surface area contributed by atoms with E-state index in [1.807, 2.05) is 38.1 Å². The van der Waals surface area contributed by atoms with Crippen LogP contribution in [-0.4, -0.2) is 49.5 Å². The van der Waals surface area contributed by atoms with Crippen molar-refractivity contribution in [3.8, 4) is 11.3 Å². The molecule has 25 heavy (non-hydrogen) atoms. The predicted molar refractivity (Wildman–Crippen MR) is 99.6 cm³/mol. The average Bonchev–Trinajstić information content (AvgIpc) is 3.04. The van der Waals surface area contributed by atoms with Crippen molar-refractivity contribution in [3.05, 3.63) is 42.0 Å². The number of hydrogen-bond donors (Lipinski definition) is 0. The predicted octanol–water partition coefficient (Wildman–Crippen LogP) is 3.06. The molecular weight excluding hydrogens is 334 g/mol. The second kappa shape index (κ2) is 7.65. The summed E-state index contributed by atoms with van der Waals surface area (Å²) >= 11 is 1.37. The van der Waals surface area contributed by atoms with E-state index in [0.717, 1.165) is 11.3 Å². The summed E-state index contributed by atoms with van der Waals surface area (Å²) in [4.78, 5) is 14.0. The number of carbonyl (C=O) groups excluding carboxylic acids is 1. The fourth-order valence-corrected chi connectivity index (χ4v) is 3.32. The van der Waals surface area contributed by atoms with Gasteiger partial charge in [0, 0.05) is 18.7 Å². The maximum absolute atomic E-state index is 12.2. The topological polar surface area (TPSA) is 63.4 Å². The first-order chi connectivity index (χ1) is 12.1. The summed E-state index contributed by atoms with van der Waals surface area (Å²) in [6.45, 7) is 7.45. The van der Waals surface area contributed by atoms with Crippen LogP contribution in [0.3, 0.4) is 0 Å². The van der Waals surface area contributed by atoms with Gasteiger partial charge in [0.2, 0.25) is 11.1 Å². The van der Waals surface area contributed by atoms with Gasteiger partial charge in [0.25, 0.3) is 0 Å². The zero-order valence-corrected chi connectivity index (χ0v) is 15.5. The number of aryl methyl sites for hydroxylation is 1. The standard InChI is InChI=1S/C18H21N5OS/c1-4-22(5-2)17(24)12-25-18-20-19-16-11-10-15(21-23(16)18)14-8-6-13(3)7-9-14/h6-11H,4-5,12H2,1-3H3. The number of aromatic nitrogens is 4. The monoisotopic (exact) mass is 355 g/mol. The minimum Gasteiger partial charge on any atom is -0.343 e. The molecule has 0 bridgehead atoms. The van der Waals surface area contributed by atoms with Crippen molar-refractivity contribution in [2.75, 3.05) is 18.8 Å². The molecule has 1 aromatic carbocycles. The van der Waals surface area contributed by atoms with Gasteiger partial charge in [-0.1, -0.05) is 41.6 Å². The minimum absolute atomic E-state index is 0.0986. The normalized spacial score (nSPS) is 11.0. The third kappa shape index (κ3) is 3.82. The zero-order chi connectivity index (χ0) is 17.8. The molecule has 130 valence electrons. The van der Waals surface area contributed by atoms with Gasteiger partial charge < -0.3 is 4.90 Å². The van der Waals surface area contributed by atoms with Crippen LogP contribution in [0.25, 0.3) is 16.9 Å². The van der Waals surface area contributed by atoms with E-state index in [-0.39, 0.29) is 5.91 Å². The lowest BCUT2D eigenvalue weighted by Gasteiger charge is -2.17. The van der Waals surface area contributed by atoms with Crippen LogP contribution in [0.2, 0.25) is 0 Å². The molecule has 3 aromatic rings. The Labute approximate surface area is 151 Å². The fourth-order valence-electron chi connectivity index (χ4n) is 2.53. The molecule has 2 heterocycles. The smallest absolute Gasteiger partial charge is 0.233 e. The molecular formula is C18H21N5OS. The highest BCUT2D eigenvalue weighted by atomic mass is 32.2. The van der Waals surface area contributed by atoms with E-state index in [2.05, 4.69) is 34.4 Å². The van der Waals surface area contributed by atoms with Crippen LogP contribution in [0.15, 0.2) is 41.6 Å². The highest BCUT2D eigenvalue weighted by Gasteiger charge is 2.14. The van der Waals surface area contributed by atoms with Gasteiger partial charge in [-0.2, -0.15) is 9.61 Å². The number of fused-ring (bicyclic) bond motifs is 1. The Bertz CT molecular complexity index is 871. The Hall–Kier alpha value is -2.41. The molecule has 0 aliphatic heterocycles. The molecule has 0 radical (unpaired) electrons. The van der Waals surface area contributed by atoms with Gasteiger partial charge in [0.1, 0.15) is 0 Å². The summed E-state index contributed by atoms with van der Waals surface area (Å²) in [6.07, 6.45) is 0.